The zero-order valence-electron chi connectivity index (χ0n) is 16.1. The molecule has 0 aliphatic carbocycles. The monoisotopic (exact) mass is 390 g/mol. The van der Waals surface area contributed by atoms with Crippen LogP contribution in [0.2, 0.25) is 0 Å². The lowest BCUT2D eigenvalue weighted by molar-refractivity contribution is 0.0938. The van der Waals surface area contributed by atoms with Crippen LogP contribution in [-0.4, -0.2) is 52.7 Å². The number of carbonyl (C=O) groups is 1. The van der Waals surface area contributed by atoms with Crippen LogP contribution >= 0.6 is 0 Å². The number of ether oxygens (including phenoxy) is 1. The van der Waals surface area contributed by atoms with E-state index in [1.54, 1.807) is 26.2 Å². The molecule has 2 rings (SSSR count). The van der Waals surface area contributed by atoms with Crippen molar-refractivity contribution < 1.29 is 17.9 Å². The standard InChI is InChI=1S/C20H26N2O4S/c1-5-27(24,25)19-12-7-6-11-17(19)20(23)21-14-18(22(2)3)15-9-8-10-16(13-15)26-4/h6-13,18H,5,14H2,1-4H3,(H,21,23)/t18-/m0/s1. The van der Waals surface area contributed by atoms with E-state index in [9.17, 15) is 13.2 Å². The molecule has 0 fully saturated rings. The lowest BCUT2D eigenvalue weighted by Gasteiger charge is -2.25. The van der Waals surface area contributed by atoms with Gasteiger partial charge in [0.25, 0.3) is 5.91 Å². The first-order valence-electron chi connectivity index (χ1n) is 8.70. The summed E-state index contributed by atoms with van der Waals surface area (Å²) < 4.78 is 29.8. The summed E-state index contributed by atoms with van der Waals surface area (Å²) in [5.74, 6) is 0.281. The zero-order valence-corrected chi connectivity index (χ0v) is 16.9. The van der Waals surface area contributed by atoms with Crippen molar-refractivity contribution in [1.29, 1.82) is 0 Å². The fourth-order valence-corrected chi connectivity index (χ4v) is 3.91. The Labute approximate surface area is 161 Å². The van der Waals surface area contributed by atoms with Crippen LogP contribution in [0.4, 0.5) is 0 Å². The van der Waals surface area contributed by atoms with Gasteiger partial charge in [-0.1, -0.05) is 31.2 Å². The summed E-state index contributed by atoms with van der Waals surface area (Å²) in [4.78, 5) is 14.7. The molecular formula is C20H26N2O4S. The third-order valence-electron chi connectivity index (χ3n) is 4.40. The Morgan fingerprint density at radius 3 is 2.48 bits per heavy atom. The average Bonchev–Trinajstić information content (AvgIpc) is 2.67. The van der Waals surface area contributed by atoms with E-state index in [-0.39, 0.29) is 22.3 Å². The minimum absolute atomic E-state index is 0.0541. The highest BCUT2D eigenvalue weighted by Crippen LogP contribution is 2.23. The maximum atomic E-state index is 12.7. The Hall–Kier alpha value is -2.38. The van der Waals surface area contributed by atoms with Gasteiger partial charge in [0.2, 0.25) is 0 Å². The van der Waals surface area contributed by atoms with Crippen LogP contribution in [0.3, 0.4) is 0 Å². The van der Waals surface area contributed by atoms with E-state index >= 15 is 0 Å². The maximum absolute atomic E-state index is 12.7. The molecular weight excluding hydrogens is 364 g/mol. The van der Waals surface area contributed by atoms with Crippen molar-refractivity contribution in [1.82, 2.24) is 10.2 Å². The average molecular weight is 391 g/mol. The van der Waals surface area contributed by atoms with Gasteiger partial charge < -0.3 is 15.0 Å². The van der Waals surface area contributed by atoms with Crippen molar-refractivity contribution in [2.75, 3.05) is 33.5 Å². The summed E-state index contributed by atoms with van der Waals surface area (Å²) in [5.41, 5.74) is 1.16. The Bertz CT molecular complexity index is 894. The molecule has 0 saturated heterocycles. The van der Waals surface area contributed by atoms with Gasteiger partial charge in [-0.2, -0.15) is 0 Å². The van der Waals surface area contributed by atoms with E-state index in [0.717, 1.165) is 11.3 Å². The number of methoxy groups -OCH3 is 1. The second-order valence-electron chi connectivity index (χ2n) is 6.37. The topological polar surface area (TPSA) is 75.7 Å². The van der Waals surface area contributed by atoms with Crippen LogP contribution in [0.15, 0.2) is 53.4 Å². The Kier molecular flexibility index (Phi) is 6.98. The summed E-state index contributed by atoms with van der Waals surface area (Å²) in [6, 6.07) is 13.9. The summed E-state index contributed by atoms with van der Waals surface area (Å²) in [6.45, 7) is 1.90. The van der Waals surface area contributed by atoms with E-state index in [1.807, 2.05) is 43.3 Å². The number of sulfone groups is 1. The van der Waals surface area contributed by atoms with Crippen molar-refractivity contribution in [2.45, 2.75) is 17.9 Å². The van der Waals surface area contributed by atoms with Gasteiger partial charge in [-0.3, -0.25) is 4.79 Å². The quantitative estimate of drug-likeness (QED) is 0.750. The number of nitrogens with one attached hydrogen (secondary N) is 1. The molecule has 2 aromatic carbocycles. The predicted octanol–water partition coefficient (Wildman–Crippen LogP) is 2.52. The van der Waals surface area contributed by atoms with Crippen molar-refractivity contribution in [3.8, 4) is 5.75 Å². The fraction of sp³-hybridized carbons (Fsp3) is 0.350. The van der Waals surface area contributed by atoms with Crippen LogP contribution < -0.4 is 10.1 Å². The van der Waals surface area contributed by atoms with Crippen LogP contribution in [0.25, 0.3) is 0 Å². The minimum atomic E-state index is -3.48. The molecule has 0 bridgehead atoms. The Morgan fingerprint density at radius 2 is 1.85 bits per heavy atom. The summed E-state index contributed by atoms with van der Waals surface area (Å²) in [6.07, 6.45) is 0. The second kappa shape index (κ2) is 9.01. The van der Waals surface area contributed by atoms with Gasteiger partial charge >= 0.3 is 0 Å². The third kappa shape index (κ3) is 5.08. The third-order valence-corrected chi connectivity index (χ3v) is 6.19. The SMILES string of the molecule is CCS(=O)(=O)c1ccccc1C(=O)NC[C@@H](c1cccc(OC)c1)N(C)C. The van der Waals surface area contributed by atoms with E-state index in [1.165, 1.54) is 12.1 Å². The number of rotatable bonds is 8. The number of benzene rings is 2. The first-order valence-corrected chi connectivity index (χ1v) is 10.4. The lowest BCUT2D eigenvalue weighted by atomic mass is 10.1. The molecule has 0 aromatic heterocycles. The van der Waals surface area contributed by atoms with E-state index in [2.05, 4.69) is 5.32 Å². The van der Waals surface area contributed by atoms with Crippen molar-refractivity contribution >= 4 is 15.7 Å². The molecule has 0 radical (unpaired) electrons. The van der Waals surface area contributed by atoms with E-state index in [0.29, 0.717) is 6.54 Å². The summed E-state index contributed by atoms with van der Waals surface area (Å²) in [5, 5.41) is 2.87. The van der Waals surface area contributed by atoms with E-state index in [4.69, 9.17) is 4.74 Å². The minimum Gasteiger partial charge on any atom is -0.497 e. The molecule has 0 unspecified atom stereocenters. The normalized spacial score (nSPS) is 12.6. The van der Waals surface area contributed by atoms with Crippen LogP contribution in [-0.2, 0) is 9.84 Å². The number of likely N-dealkylation sites (N-methyl/N-ethyl adjacent to an activating group) is 1. The maximum Gasteiger partial charge on any atom is 0.252 e. The van der Waals surface area contributed by atoms with Crippen molar-refractivity contribution in [3.63, 3.8) is 0 Å². The Balaban J connectivity index is 2.23. The molecule has 0 aliphatic heterocycles. The number of nitrogens with zero attached hydrogens (tertiary/aromatic N) is 1. The van der Waals surface area contributed by atoms with E-state index < -0.39 is 15.7 Å². The largest absolute Gasteiger partial charge is 0.497 e. The number of hydrogen-bond donors (Lipinski definition) is 1. The molecule has 146 valence electrons. The van der Waals surface area contributed by atoms with Gasteiger partial charge in [0.05, 0.1) is 29.4 Å². The lowest BCUT2D eigenvalue weighted by Crippen LogP contribution is -2.35. The number of hydrogen-bond acceptors (Lipinski definition) is 5. The molecule has 2 aromatic rings. The summed E-state index contributed by atoms with van der Waals surface area (Å²) >= 11 is 0. The number of carbonyl (C=O) groups excluding carboxylic acids is 1. The first kappa shape index (κ1) is 20.9. The van der Waals surface area contributed by atoms with Crippen LogP contribution in [0.5, 0.6) is 5.75 Å². The zero-order chi connectivity index (χ0) is 20.0. The molecule has 0 saturated carbocycles. The van der Waals surface area contributed by atoms with Gasteiger partial charge in [0, 0.05) is 6.54 Å². The molecule has 7 heteroatoms. The van der Waals surface area contributed by atoms with Crippen molar-refractivity contribution in [3.05, 3.63) is 59.7 Å². The molecule has 0 spiro atoms. The molecule has 0 aliphatic rings. The Morgan fingerprint density at radius 1 is 1.15 bits per heavy atom. The van der Waals surface area contributed by atoms with Gasteiger partial charge in [0.1, 0.15) is 5.75 Å². The van der Waals surface area contributed by atoms with Gasteiger partial charge in [0.15, 0.2) is 9.84 Å². The van der Waals surface area contributed by atoms with Gasteiger partial charge in [-0.05, 0) is 43.9 Å². The summed E-state index contributed by atoms with van der Waals surface area (Å²) in [7, 11) is 1.97. The molecule has 0 heterocycles. The molecule has 1 amide bonds. The highest BCUT2D eigenvalue weighted by atomic mass is 32.2. The highest BCUT2D eigenvalue weighted by molar-refractivity contribution is 7.91. The highest BCUT2D eigenvalue weighted by Gasteiger charge is 2.22. The molecule has 1 atom stereocenters. The van der Waals surface area contributed by atoms with Crippen LogP contribution in [0, 0.1) is 0 Å². The van der Waals surface area contributed by atoms with Crippen molar-refractivity contribution in [2.24, 2.45) is 0 Å². The first-order chi connectivity index (χ1) is 12.8. The van der Waals surface area contributed by atoms with Gasteiger partial charge in [-0.25, -0.2) is 8.42 Å². The fourth-order valence-electron chi connectivity index (χ4n) is 2.81. The van der Waals surface area contributed by atoms with Gasteiger partial charge in [-0.15, -0.1) is 0 Å². The second-order valence-corrected chi connectivity index (χ2v) is 8.61. The predicted molar refractivity (Wildman–Crippen MR) is 106 cm³/mol. The van der Waals surface area contributed by atoms with Crippen LogP contribution in [0.1, 0.15) is 28.9 Å². The molecule has 6 nitrogen and oxygen atoms in total. The molecule has 27 heavy (non-hydrogen) atoms. The number of amides is 1. The smallest absolute Gasteiger partial charge is 0.252 e. The molecule has 1 N–H and O–H groups in total.